The molecule has 2 fully saturated rings. The molecule has 1 atom stereocenters. The van der Waals surface area contributed by atoms with Gasteiger partial charge in [0.1, 0.15) is 0 Å². The molecule has 5 nitrogen and oxygen atoms in total. The Morgan fingerprint density at radius 1 is 1.09 bits per heavy atom. The van der Waals surface area contributed by atoms with Gasteiger partial charge in [-0.05, 0) is 62.7 Å². The van der Waals surface area contributed by atoms with Gasteiger partial charge in [0.2, 0.25) is 0 Å². The fourth-order valence-electron chi connectivity index (χ4n) is 5.40. The third kappa shape index (κ3) is 4.24. The molecule has 33 heavy (non-hydrogen) atoms. The number of hydrogen-bond acceptors (Lipinski definition) is 5. The van der Waals surface area contributed by atoms with Gasteiger partial charge in [-0.1, -0.05) is 18.2 Å². The van der Waals surface area contributed by atoms with Crippen LogP contribution in [0.2, 0.25) is 0 Å². The van der Waals surface area contributed by atoms with Crippen molar-refractivity contribution in [3.63, 3.8) is 0 Å². The summed E-state index contributed by atoms with van der Waals surface area (Å²) < 4.78 is 39.8. The van der Waals surface area contributed by atoms with Gasteiger partial charge in [0.05, 0.1) is 11.8 Å². The van der Waals surface area contributed by atoms with Crippen LogP contribution >= 0.6 is 0 Å². The Labute approximate surface area is 191 Å². The molecular formula is C25H28F3N5. The van der Waals surface area contributed by atoms with Crippen LogP contribution in [0.5, 0.6) is 0 Å². The highest BCUT2D eigenvalue weighted by atomic mass is 19.4. The number of nitrogens with one attached hydrogen (secondary N) is 1. The third-order valence-electron chi connectivity index (χ3n) is 7.28. The highest BCUT2D eigenvalue weighted by Crippen LogP contribution is 2.41. The Bertz CT molecular complexity index is 1180. The van der Waals surface area contributed by atoms with E-state index in [1.807, 2.05) is 6.07 Å². The molecule has 5 rings (SSSR count). The van der Waals surface area contributed by atoms with Crippen LogP contribution in [-0.2, 0) is 12.7 Å². The zero-order valence-corrected chi connectivity index (χ0v) is 18.9. The Hall–Kier alpha value is -2.87. The zero-order chi connectivity index (χ0) is 23.2. The molecule has 0 radical (unpaired) electrons. The molecule has 1 N–H and O–H groups in total. The first kappa shape index (κ1) is 21.9. The first-order valence-corrected chi connectivity index (χ1v) is 11.3. The lowest BCUT2D eigenvalue weighted by Crippen LogP contribution is -2.29. The van der Waals surface area contributed by atoms with E-state index in [0.717, 1.165) is 48.7 Å². The van der Waals surface area contributed by atoms with Crippen molar-refractivity contribution in [2.75, 3.05) is 43.4 Å². The molecule has 3 aromatic rings. The van der Waals surface area contributed by atoms with Crippen molar-refractivity contribution < 1.29 is 13.2 Å². The van der Waals surface area contributed by atoms with Crippen LogP contribution < -0.4 is 10.2 Å². The molecule has 2 aliphatic rings. The minimum absolute atomic E-state index is 0.232. The summed E-state index contributed by atoms with van der Waals surface area (Å²) in [5.41, 5.74) is 1.75. The van der Waals surface area contributed by atoms with Crippen molar-refractivity contribution in [3.05, 3.63) is 59.3 Å². The lowest BCUT2D eigenvalue weighted by Gasteiger charge is -2.25. The highest BCUT2D eigenvalue weighted by molar-refractivity contribution is 5.93. The Kier molecular flexibility index (Phi) is 5.43. The summed E-state index contributed by atoms with van der Waals surface area (Å²) >= 11 is 0. The van der Waals surface area contributed by atoms with E-state index in [1.54, 1.807) is 12.3 Å². The normalized spacial score (nSPS) is 21.4. The molecule has 8 heteroatoms. The van der Waals surface area contributed by atoms with Crippen LogP contribution in [0.15, 0.2) is 42.6 Å². The SMILES string of the molecule is Cc1c(CNc2nncc3ccc(N4CCC5(CCN(C)C5)C4)cc23)cccc1C(F)(F)F. The van der Waals surface area contributed by atoms with Gasteiger partial charge in [0.15, 0.2) is 5.82 Å². The summed E-state index contributed by atoms with van der Waals surface area (Å²) in [6.45, 7) is 6.14. The molecule has 1 spiro atoms. The maximum Gasteiger partial charge on any atom is 0.416 e. The number of halogens is 3. The largest absolute Gasteiger partial charge is 0.416 e. The summed E-state index contributed by atoms with van der Waals surface area (Å²) in [6.07, 6.45) is -0.210. The standard InChI is InChI=1S/C25H28F3N5/c1-17-18(4-3-5-22(17)25(26,27)28)13-29-23-21-12-20(7-6-19(21)14-30-31-23)33-11-9-24(16-33)8-10-32(2)15-24/h3-7,12,14H,8-11,13,15-16H2,1-2H3,(H,29,31). The smallest absolute Gasteiger partial charge is 0.371 e. The summed E-state index contributed by atoms with van der Waals surface area (Å²) in [7, 11) is 2.19. The minimum atomic E-state index is -4.37. The van der Waals surface area contributed by atoms with Crippen molar-refractivity contribution in [2.45, 2.75) is 32.5 Å². The number of fused-ring (bicyclic) bond motifs is 1. The summed E-state index contributed by atoms with van der Waals surface area (Å²) in [5.74, 6) is 0.584. The van der Waals surface area contributed by atoms with Crippen LogP contribution in [0, 0.1) is 12.3 Å². The quantitative estimate of drug-likeness (QED) is 0.593. The van der Waals surface area contributed by atoms with Crippen LogP contribution in [0.1, 0.15) is 29.5 Å². The first-order chi connectivity index (χ1) is 15.7. The molecule has 2 aliphatic heterocycles. The summed E-state index contributed by atoms with van der Waals surface area (Å²) in [5, 5.41) is 13.5. The van der Waals surface area contributed by atoms with E-state index in [0.29, 0.717) is 16.8 Å². The molecule has 3 heterocycles. The second-order valence-electron chi connectivity index (χ2n) is 9.57. The monoisotopic (exact) mass is 455 g/mol. The number of alkyl halides is 3. The molecule has 1 unspecified atom stereocenters. The van der Waals surface area contributed by atoms with Crippen LogP contribution in [0.4, 0.5) is 24.7 Å². The number of benzene rings is 2. The van der Waals surface area contributed by atoms with Gasteiger partial charge in [0.25, 0.3) is 0 Å². The number of likely N-dealkylation sites (tertiary alicyclic amines) is 1. The van der Waals surface area contributed by atoms with Crippen LogP contribution in [0.3, 0.4) is 0 Å². The number of hydrogen-bond donors (Lipinski definition) is 1. The van der Waals surface area contributed by atoms with Gasteiger partial charge in [-0.2, -0.15) is 18.3 Å². The summed E-state index contributed by atoms with van der Waals surface area (Å²) in [6, 6.07) is 10.6. The second kappa shape index (κ2) is 8.17. The molecular weight excluding hydrogens is 427 g/mol. The van der Waals surface area contributed by atoms with Gasteiger partial charge in [-0.25, -0.2) is 0 Å². The van der Waals surface area contributed by atoms with Gasteiger partial charge in [0, 0.05) is 48.1 Å². The predicted molar refractivity (Wildman–Crippen MR) is 124 cm³/mol. The maximum absolute atomic E-state index is 13.3. The summed E-state index contributed by atoms with van der Waals surface area (Å²) in [4.78, 5) is 4.86. The molecule has 0 aliphatic carbocycles. The molecule has 0 bridgehead atoms. The van der Waals surface area contributed by atoms with E-state index in [-0.39, 0.29) is 12.1 Å². The number of anilines is 2. The Morgan fingerprint density at radius 3 is 2.67 bits per heavy atom. The van der Waals surface area contributed by atoms with E-state index in [4.69, 9.17) is 0 Å². The van der Waals surface area contributed by atoms with Crippen LogP contribution in [0.25, 0.3) is 10.8 Å². The van der Waals surface area contributed by atoms with E-state index in [9.17, 15) is 13.2 Å². The molecule has 0 amide bonds. The van der Waals surface area contributed by atoms with E-state index >= 15 is 0 Å². The fourth-order valence-corrected chi connectivity index (χ4v) is 5.40. The maximum atomic E-state index is 13.3. The van der Waals surface area contributed by atoms with Crippen LogP contribution in [-0.4, -0.2) is 48.3 Å². The minimum Gasteiger partial charge on any atom is -0.371 e. The molecule has 1 aromatic heterocycles. The lowest BCUT2D eigenvalue weighted by atomic mass is 9.86. The first-order valence-electron chi connectivity index (χ1n) is 11.3. The number of aromatic nitrogens is 2. The second-order valence-corrected chi connectivity index (χ2v) is 9.57. The topological polar surface area (TPSA) is 44.3 Å². The predicted octanol–water partition coefficient (Wildman–Crippen LogP) is 5.10. The Balaban J connectivity index is 1.39. The Morgan fingerprint density at radius 2 is 1.91 bits per heavy atom. The average Bonchev–Trinajstić information content (AvgIpc) is 3.37. The molecule has 0 saturated carbocycles. The molecule has 2 aromatic carbocycles. The van der Waals surface area contributed by atoms with Gasteiger partial charge >= 0.3 is 6.18 Å². The average molecular weight is 456 g/mol. The van der Waals surface area contributed by atoms with Gasteiger partial charge in [-0.3, -0.25) is 0 Å². The highest BCUT2D eigenvalue weighted by Gasteiger charge is 2.42. The van der Waals surface area contributed by atoms with Crippen molar-refractivity contribution in [1.82, 2.24) is 15.1 Å². The lowest BCUT2D eigenvalue weighted by molar-refractivity contribution is -0.138. The van der Waals surface area contributed by atoms with Crippen molar-refractivity contribution in [1.29, 1.82) is 0 Å². The van der Waals surface area contributed by atoms with Gasteiger partial charge in [-0.15, -0.1) is 5.10 Å². The van der Waals surface area contributed by atoms with E-state index < -0.39 is 11.7 Å². The number of nitrogens with zero attached hydrogens (tertiary/aromatic N) is 4. The van der Waals surface area contributed by atoms with Gasteiger partial charge < -0.3 is 15.1 Å². The van der Waals surface area contributed by atoms with Crippen molar-refractivity contribution in [3.8, 4) is 0 Å². The fraction of sp³-hybridized carbons (Fsp3) is 0.440. The van der Waals surface area contributed by atoms with E-state index in [2.05, 4.69) is 44.5 Å². The van der Waals surface area contributed by atoms with E-state index in [1.165, 1.54) is 25.8 Å². The van der Waals surface area contributed by atoms with Crippen molar-refractivity contribution >= 4 is 22.3 Å². The number of rotatable bonds is 4. The molecule has 2 saturated heterocycles. The zero-order valence-electron chi connectivity index (χ0n) is 18.9. The molecule has 174 valence electrons. The third-order valence-corrected chi connectivity index (χ3v) is 7.28. The van der Waals surface area contributed by atoms with Crippen molar-refractivity contribution in [2.24, 2.45) is 5.41 Å².